The summed E-state index contributed by atoms with van der Waals surface area (Å²) in [4.78, 5) is 15.1. The van der Waals surface area contributed by atoms with Gasteiger partial charge in [-0.2, -0.15) is 0 Å². The first-order valence-corrected chi connectivity index (χ1v) is 8.78. The van der Waals surface area contributed by atoms with E-state index in [1.165, 1.54) is 12.7 Å². The van der Waals surface area contributed by atoms with Gasteiger partial charge in [0.1, 0.15) is 5.41 Å². The highest BCUT2D eigenvalue weighted by Crippen LogP contribution is 2.39. The Hall–Kier alpha value is -3.07. The van der Waals surface area contributed by atoms with Crippen LogP contribution < -0.4 is 0 Å². The molecule has 26 heavy (non-hydrogen) atoms. The molecule has 0 spiro atoms. The van der Waals surface area contributed by atoms with Crippen molar-refractivity contribution >= 4 is 5.97 Å². The number of allylic oxidation sites excluding steroid dienone is 1. The summed E-state index contributed by atoms with van der Waals surface area (Å²) >= 11 is 0. The van der Waals surface area contributed by atoms with Crippen LogP contribution >= 0.6 is 0 Å². The van der Waals surface area contributed by atoms with Crippen molar-refractivity contribution in [3.8, 4) is 0 Å². The van der Waals surface area contributed by atoms with Crippen molar-refractivity contribution in [2.75, 3.05) is 13.7 Å². The Morgan fingerprint density at radius 1 is 1.08 bits per heavy atom. The lowest BCUT2D eigenvalue weighted by atomic mass is 9.76. The Bertz CT molecular complexity index is 896. The molecule has 0 saturated heterocycles. The molecule has 130 valence electrons. The molecule has 1 aliphatic heterocycles. The Morgan fingerprint density at radius 2 is 1.77 bits per heavy atom. The van der Waals surface area contributed by atoms with Gasteiger partial charge in [-0.25, -0.2) is 0 Å². The van der Waals surface area contributed by atoms with Gasteiger partial charge in [0.05, 0.1) is 7.11 Å². The third kappa shape index (κ3) is 2.76. The van der Waals surface area contributed by atoms with Crippen molar-refractivity contribution in [3.05, 3.63) is 107 Å². The zero-order valence-electron chi connectivity index (χ0n) is 14.8. The van der Waals surface area contributed by atoms with Crippen LogP contribution in [0.1, 0.15) is 11.1 Å². The van der Waals surface area contributed by atoms with Crippen molar-refractivity contribution in [1.82, 2.24) is 4.90 Å². The number of methoxy groups -OCH3 is 1. The van der Waals surface area contributed by atoms with E-state index in [1.807, 2.05) is 48.6 Å². The largest absolute Gasteiger partial charge is 0.468 e. The molecule has 2 aromatic rings. The summed E-state index contributed by atoms with van der Waals surface area (Å²) in [5.74, 6) is -0.266. The lowest BCUT2D eigenvalue weighted by Gasteiger charge is -2.32. The highest BCUT2D eigenvalue weighted by molar-refractivity contribution is 5.90. The molecule has 4 rings (SSSR count). The molecule has 0 amide bonds. The summed E-state index contributed by atoms with van der Waals surface area (Å²) in [6.07, 6.45) is 8.26. The van der Waals surface area contributed by atoms with Crippen LogP contribution in [-0.4, -0.2) is 24.5 Å². The van der Waals surface area contributed by atoms with Gasteiger partial charge in [-0.15, -0.1) is 0 Å². The van der Waals surface area contributed by atoms with Gasteiger partial charge in [-0.3, -0.25) is 4.79 Å². The average molecular weight is 343 g/mol. The van der Waals surface area contributed by atoms with E-state index in [1.54, 1.807) is 0 Å². The number of hydrogen-bond acceptors (Lipinski definition) is 3. The molecule has 0 bridgehead atoms. The van der Waals surface area contributed by atoms with Gasteiger partial charge in [0.15, 0.2) is 0 Å². The quantitative estimate of drug-likeness (QED) is 0.786. The summed E-state index contributed by atoms with van der Waals surface area (Å²) in [5, 5.41) is 0. The minimum atomic E-state index is -0.887. The number of benzene rings is 2. The number of esters is 1. The molecule has 0 aromatic heterocycles. The fraction of sp³-hybridized carbons (Fsp3) is 0.174. The maximum Gasteiger partial charge on any atom is 0.324 e. The molecule has 1 heterocycles. The first-order valence-electron chi connectivity index (χ1n) is 8.78. The molecule has 2 aliphatic rings. The van der Waals surface area contributed by atoms with Gasteiger partial charge >= 0.3 is 5.97 Å². The molecular formula is C23H21NO2. The van der Waals surface area contributed by atoms with E-state index in [4.69, 9.17) is 4.74 Å². The number of hydrogen-bond donors (Lipinski definition) is 0. The second-order valence-electron chi connectivity index (χ2n) is 6.62. The van der Waals surface area contributed by atoms with E-state index >= 15 is 0 Å². The van der Waals surface area contributed by atoms with E-state index in [0.29, 0.717) is 0 Å². The van der Waals surface area contributed by atoms with Crippen molar-refractivity contribution in [3.63, 3.8) is 0 Å². The molecule has 0 fully saturated rings. The fourth-order valence-corrected chi connectivity index (χ4v) is 3.67. The minimum absolute atomic E-state index is 0.266. The highest BCUT2D eigenvalue weighted by Gasteiger charge is 2.41. The lowest BCUT2D eigenvalue weighted by molar-refractivity contribution is -0.144. The number of ether oxygens (including phenoxy) is 1. The SMILES string of the molecule is COC(=O)C1(c2ccccc2)C=CC2=CCN(Cc3ccccc3)C2=C1. The van der Waals surface area contributed by atoms with Gasteiger partial charge in [0.25, 0.3) is 0 Å². The monoisotopic (exact) mass is 343 g/mol. The van der Waals surface area contributed by atoms with Gasteiger partial charge < -0.3 is 9.64 Å². The summed E-state index contributed by atoms with van der Waals surface area (Å²) in [6, 6.07) is 20.2. The standard InChI is InChI=1S/C23H21NO2/c1-26-22(25)23(20-10-6-3-7-11-20)14-12-19-13-15-24(21(19)16-23)17-18-8-4-2-5-9-18/h2-14,16H,15,17H2,1H3. The lowest BCUT2D eigenvalue weighted by Crippen LogP contribution is -2.36. The summed E-state index contributed by atoms with van der Waals surface area (Å²) < 4.78 is 5.18. The van der Waals surface area contributed by atoms with E-state index in [0.717, 1.165) is 29.9 Å². The van der Waals surface area contributed by atoms with Crippen molar-refractivity contribution in [2.24, 2.45) is 0 Å². The molecule has 1 aliphatic carbocycles. The highest BCUT2D eigenvalue weighted by atomic mass is 16.5. The van der Waals surface area contributed by atoms with Crippen molar-refractivity contribution in [2.45, 2.75) is 12.0 Å². The Balaban J connectivity index is 1.74. The van der Waals surface area contributed by atoms with Gasteiger partial charge in [0, 0.05) is 18.8 Å². The normalized spacial score (nSPS) is 21.0. The van der Waals surface area contributed by atoms with E-state index in [2.05, 4.69) is 41.3 Å². The second kappa shape index (κ2) is 6.68. The molecular weight excluding hydrogens is 322 g/mol. The van der Waals surface area contributed by atoms with Crippen LogP contribution in [-0.2, 0) is 21.5 Å². The molecule has 0 N–H and O–H groups in total. The third-order valence-corrected chi connectivity index (χ3v) is 5.05. The van der Waals surface area contributed by atoms with Crippen LogP contribution in [0.2, 0.25) is 0 Å². The maximum atomic E-state index is 12.8. The Kier molecular flexibility index (Phi) is 4.21. The summed E-state index contributed by atoms with van der Waals surface area (Å²) in [6.45, 7) is 1.65. The van der Waals surface area contributed by atoms with Crippen LogP contribution in [0, 0.1) is 0 Å². The zero-order valence-corrected chi connectivity index (χ0v) is 14.8. The van der Waals surface area contributed by atoms with Gasteiger partial charge in [0.2, 0.25) is 0 Å². The van der Waals surface area contributed by atoms with E-state index in [9.17, 15) is 4.79 Å². The summed E-state index contributed by atoms with van der Waals surface area (Å²) in [5.41, 5.74) is 3.53. The predicted molar refractivity (Wildman–Crippen MR) is 102 cm³/mol. The topological polar surface area (TPSA) is 29.5 Å². The van der Waals surface area contributed by atoms with Crippen molar-refractivity contribution in [1.29, 1.82) is 0 Å². The number of nitrogens with zero attached hydrogens (tertiary/aromatic N) is 1. The van der Waals surface area contributed by atoms with Crippen LogP contribution in [0.3, 0.4) is 0 Å². The molecule has 1 unspecified atom stereocenters. The van der Waals surface area contributed by atoms with Gasteiger partial charge in [-0.1, -0.05) is 78.9 Å². The average Bonchev–Trinajstić information content (AvgIpc) is 3.10. The number of carbonyl (C=O) groups excluding carboxylic acids is 1. The van der Waals surface area contributed by atoms with Gasteiger partial charge in [-0.05, 0) is 22.8 Å². The molecule has 0 radical (unpaired) electrons. The number of rotatable bonds is 4. The number of fused-ring (bicyclic) bond motifs is 1. The third-order valence-electron chi connectivity index (χ3n) is 5.05. The van der Waals surface area contributed by atoms with Crippen LogP contribution in [0.5, 0.6) is 0 Å². The fourth-order valence-electron chi connectivity index (χ4n) is 3.67. The van der Waals surface area contributed by atoms with Crippen LogP contribution in [0.25, 0.3) is 0 Å². The first-order chi connectivity index (χ1) is 12.7. The minimum Gasteiger partial charge on any atom is -0.468 e. The van der Waals surface area contributed by atoms with E-state index < -0.39 is 5.41 Å². The second-order valence-corrected chi connectivity index (χ2v) is 6.62. The smallest absolute Gasteiger partial charge is 0.324 e. The van der Waals surface area contributed by atoms with Crippen LogP contribution in [0.15, 0.2) is 96.2 Å². The molecule has 3 nitrogen and oxygen atoms in total. The Morgan fingerprint density at radius 3 is 2.46 bits per heavy atom. The summed E-state index contributed by atoms with van der Waals surface area (Å²) in [7, 11) is 1.45. The van der Waals surface area contributed by atoms with Crippen LogP contribution in [0.4, 0.5) is 0 Å². The molecule has 1 atom stereocenters. The molecule has 3 heteroatoms. The predicted octanol–water partition coefficient (Wildman–Crippen LogP) is 3.99. The molecule has 2 aromatic carbocycles. The maximum absolute atomic E-state index is 12.8. The Labute approximate surface area is 153 Å². The first kappa shape index (κ1) is 16.4. The molecule has 0 saturated carbocycles. The zero-order chi connectivity index (χ0) is 18.0. The van der Waals surface area contributed by atoms with E-state index in [-0.39, 0.29) is 5.97 Å². The number of carbonyl (C=O) groups is 1. The van der Waals surface area contributed by atoms with Crippen molar-refractivity contribution < 1.29 is 9.53 Å².